The quantitative estimate of drug-likeness (QED) is 0.293. The van der Waals surface area contributed by atoms with Crippen molar-refractivity contribution in [3.63, 3.8) is 0 Å². The molecule has 0 aromatic heterocycles. The van der Waals surface area contributed by atoms with E-state index in [1.54, 1.807) is 49.4 Å². The Morgan fingerprint density at radius 2 is 1.62 bits per heavy atom. The maximum Gasteiger partial charge on any atom is 0.264 e. The lowest BCUT2D eigenvalue weighted by Gasteiger charge is -2.32. The summed E-state index contributed by atoms with van der Waals surface area (Å²) < 4.78 is 33.9. The fraction of sp³-hybridized carbons (Fsp3) is 0.310. The Bertz CT molecular complexity index is 1420. The summed E-state index contributed by atoms with van der Waals surface area (Å²) in [7, 11) is -2.75. The van der Waals surface area contributed by atoms with Gasteiger partial charge in [0.25, 0.3) is 10.0 Å². The fourth-order valence-corrected chi connectivity index (χ4v) is 5.70. The SMILES string of the molecule is CC[C@H](C)NC(=O)[C@@H](C)N(Cc1ccc(Cl)cc1)C(=O)CN(c1ccc(OC)c(Cl)c1)S(=O)(=O)c1ccccc1. The van der Waals surface area contributed by atoms with Crippen LogP contribution >= 0.6 is 23.2 Å². The van der Waals surface area contributed by atoms with Crippen molar-refractivity contribution in [2.75, 3.05) is 18.0 Å². The van der Waals surface area contributed by atoms with Crippen LogP contribution in [0.5, 0.6) is 5.75 Å². The molecule has 0 aliphatic rings. The highest BCUT2D eigenvalue weighted by Gasteiger charge is 2.33. The molecule has 40 heavy (non-hydrogen) atoms. The van der Waals surface area contributed by atoms with Gasteiger partial charge in [0.1, 0.15) is 18.3 Å². The number of ether oxygens (including phenoxy) is 1. The summed E-state index contributed by atoms with van der Waals surface area (Å²) in [4.78, 5) is 28.4. The number of anilines is 1. The summed E-state index contributed by atoms with van der Waals surface area (Å²) in [6, 6.07) is 18.2. The van der Waals surface area contributed by atoms with E-state index in [-0.39, 0.29) is 34.1 Å². The molecule has 2 amide bonds. The van der Waals surface area contributed by atoms with Crippen LogP contribution in [-0.2, 0) is 26.2 Å². The van der Waals surface area contributed by atoms with Gasteiger partial charge in [0.05, 0.1) is 22.7 Å². The van der Waals surface area contributed by atoms with E-state index < -0.39 is 28.5 Å². The number of carbonyl (C=O) groups is 2. The third kappa shape index (κ3) is 7.68. The third-order valence-corrected chi connectivity index (χ3v) is 8.80. The maximum atomic E-state index is 13.9. The number of rotatable bonds is 12. The highest BCUT2D eigenvalue weighted by atomic mass is 35.5. The predicted octanol–water partition coefficient (Wildman–Crippen LogP) is 5.53. The van der Waals surface area contributed by atoms with Gasteiger partial charge in [0.15, 0.2) is 0 Å². The van der Waals surface area contributed by atoms with Crippen LogP contribution in [-0.4, -0.2) is 50.9 Å². The molecule has 0 fully saturated rings. The zero-order chi connectivity index (χ0) is 29.4. The lowest BCUT2D eigenvalue weighted by molar-refractivity contribution is -0.139. The Hall–Kier alpha value is -3.27. The summed E-state index contributed by atoms with van der Waals surface area (Å²) in [5.74, 6) is -0.566. The molecule has 3 aromatic rings. The number of nitrogens with zero attached hydrogens (tertiary/aromatic N) is 2. The second-order valence-corrected chi connectivity index (χ2v) is 12.0. The topological polar surface area (TPSA) is 96.0 Å². The van der Waals surface area contributed by atoms with Gasteiger partial charge in [-0.15, -0.1) is 0 Å². The maximum absolute atomic E-state index is 13.9. The van der Waals surface area contributed by atoms with Gasteiger partial charge in [0, 0.05) is 17.6 Å². The van der Waals surface area contributed by atoms with Crippen molar-refractivity contribution in [1.29, 1.82) is 0 Å². The van der Waals surface area contributed by atoms with E-state index >= 15 is 0 Å². The number of halogens is 2. The molecule has 0 radical (unpaired) electrons. The van der Waals surface area contributed by atoms with E-state index in [0.29, 0.717) is 17.2 Å². The average Bonchev–Trinajstić information content (AvgIpc) is 2.95. The standard InChI is InChI=1S/C29H33Cl2N3O5S/c1-5-20(2)32-29(36)21(3)33(18-22-11-13-23(30)14-12-22)28(35)19-34(24-15-16-27(39-4)26(31)17-24)40(37,38)25-9-7-6-8-10-25/h6-17,20-21H,5,18-19H2,1-4H3,(H,32,36)/t20-,21+/m0/s1. The van der Waals surface area contributed by atoms with Crippen molar-refractivity contribution < 1.29 is 22.7 Å². The monoisotopic (exact) mass is 605 g/mol. The summed E-state index contributed by atoms with van der Waals surface area (Å²) in [5, 5.41) is 3.61. The van der Waals surface area contributed by atoms with Crippen molar-refractivity contribution in [3.05, 3.63) is 88.4 Å². The molecule has 0 heterocycles. The van der Waals surface area contributed by atoms with Crippen LogP contribution in [0.1, 0.15) is 32.8 Å². The van der Waals surface area contributed by atoms with Gasteiger partial charge in [0.2, 0.25) is 11.8 Å². The molecule has 0 saturated heterocycles. The van der Waals surface area contributed by atoms with Crippen molar-refractivity contribution in [1.82, 2.24) is 10.2 Å². The summed E-state index contributed by atoms with van der Waals surface area (Å²) >= 11 is 12.4. The van der Waals surface area contributed by atoms with Gasteiger partial charge in [-0.25, -0.2) is 8.42 Å². The van der Waals surface area contributed by atoms with Crippen LogP contribution < -0.4 is 14.4 Å². The third-order valence-electron chi connectivity index (χ3n) is 6.47. The Kier molecular flexibility index (Phi) is 10.8. The van der Waals surface area contributed by atoms with Crippen LogP contribution in [0.2, 0.25) is 10.0 Å². The van der Waals surface area contributed by atoms with Gasteiger partial charge >= 0.3 is 0 Å². The second kappa shape index (κ2) is 13.9. The molecular weight excluding hydrogens is 573 g/mol. The van der Waals surface area contributed by atoms with Crippen molar-refractivity contribution in [3.8, 4) is 5.75 Å². The first-order valence-corrected chi connectivity index (χ1v) is 14.9. The van der Waals surface area contributed by atoms with Gasteiger partial charge in [-0.2, -0.15) is 0 Å². The van der Waals surface area contributed by atoms with Gasteiger partial charge in [-0.3, -0.25) is 13.9 Å². The average molecular weight is 607 g/mol. The van der Waals surface area contributed by atoms with Crippen LogP contribution in [0.4, 0.5) is 5.69 Å². The molecule has 1 N–H and O–H groups in total. The van der Waals surface area contributed by atoms with Crippen molar-refractivity contribution in [2.45, 2.75) is 50.7 Å². The number of nitrogens with one attached hydrogen (secondary N) is 1. The molecule has 0 unspecified atom stereocenters. The molecular formula is C29H33Cl2N3O5S. The van der Waals surface area contributed by atoms with E-state index in [9.17, 15) is 18.0 Å². The number of carbonyl (C=O) groups excluding carboxylic acids is 2. The Balaban J connectivity index is 2.04. The number of methoxy groups -OCH3 is 1. The summed E-state index contributed by atoms with van der Waals surface area (Å²) in [6.45, 7) is 4.92. The van der Waals surface area contributed by atoms with Gasteiger partial charge in [-0.1, -0.05) is 60.5 Å². The van der Waals surface area contributed by atoms with E-state index in [0.717, 1.165) is 9.87 Å². The number of benzene rings is 3. The smallest absolute Gasteiger partial charge is 0.264 e. The van der Waals surface area contributed by atoms with Crippen LogP contribution in [0.25, 0.3) is 0 Å². The van der Waals surface area contributed by atoms with E-state index in [4.69, 9.17) is 27.9 Å². The molecule has 214 valence electrons. The Labute approximate surface area is 245 Å². The minimum absolute atomic E-state index is 0.00144. The normalized spacial score (nSPS) is 12.8. The zero-order valence-electron chi connectivity index (χ0n) is 22.8. The van der Waals surface area contributed by atoms with Crippen LogP contribution in [0, 0.1) is 0 Å². The molecule has 0 aliphatic carbocycles. The Morgan fingerprint density at radius 1 is 0.975 bits per heavy atom. The Morgan fingerprint density at radius 3 is 2.20 bits per heavy atom. The minimum atomic E-state index is -4.20. The van der Waals surface area contributed by atoms with Crippen molar-refractivity contribution in [2.24, 2.45) is 0 Å². The molecule has 8 nitrogen and oxygen atoms in total. The lowest BCUT2D eigenvalue weighted by Crippen LogP contribution is -2.52. The predicted molar refractivity (Wildman–Crippen MR) is 158 cm³/mol. The molecule has 3 aromatic carbocycles. The van der Waals surface area contributed by atoms with Gasteiger partial charge in [-0.05, 0) is 68.3 Å². The molecule has 11 heteroatoms. The summed E-state index contributed by atoms with van der Waals surface area (Å²) in [6.07, 6.45) is 0.713. The molecule has 0 aliphatic heterocycles. The van der Waals surface area contributed by atoms with Crippen molar-refractivity contribution >= 4 is 50.7 Å². The number of amides is 2. The van der Waals surface area contributed by atoms with Gasteiger partial charge < -0.3 is 15.0 Å². The molecule has 0 spiro atoms. The first-order valence-electron chi connectivity index (χ1n) is 12.7. The first-order chi connectivity index (χ1) is 19.0. The fourth-order valence-electron chi connectivity index (χ4n) is 3.89. The highest BCUT2D eigenvalue weighted by Crippen LogP contribution is 2.32. The summed E-state index contributed by atoms with van der Waals surface area (Å²) in [5.41, 5.74) is 0.900. The van der Waals surface area contributed by atoms with Crippen LogP contribution in [0.15, 0.2) is 77.7 Å². The number of hydrogen-bond donors (Lipinski definition) is 1. The van der Waals surface area contributed by atoms with Crippen LogP contribution in [0.3, 0.4) is 0 Å². The largest absolute Gasteiger partial charge is 0.495 e. The van der Waals surface area contributed by atoms with E-state index in [2.05, 4.69) is 5.32 Å². The molecule has 2 atom stereocenters. The van der Waals surface area contributed by atoms with E-state index in [1.165, 1.54) is 42.3 Å². The molecule has 3 rings (SSSR count). The van der Waals surface area contributed by atoms with E-state index in [1.807, 2.05) is 13.8 Å². The highest BCUT2D eigenvalue weighted by molar-refractivity contribution is 7.92. The second-order valence-electron chi connectivity index (χ2n) is 9.29. The minimum Gasteiger partial charge on any atom is -0.495 e. The number of hydrogen-bond acceptors (Lipinski definition) is 5. The molecule has 0 saturated carbocycles. The first kappa shape index (κ1) is 31.3. The number of sulfonamides is 1. The molecule has 0 bridgehead atoms. The zero-order valence-corrected chi connectivity index (χ0v) is 25.1. The lowest BCUT2D eigenvalue weighted by atomic mass is 10.1.